The maximum absolute atomic E-state index is 12.4. The summed E-state index contributed by atoms with van der Waals surface area (Å²) < 4.78 is 5.12. The van der Waals surface area contributed by atoms with Crippen LogP contribution >= 0.6 is 0 Å². The number of nitrogens with one attached hydrogen (secondary N) is 1. The number of H-pyrrole nitrogens is 1. The number of esters is 1. The van der Waals surface area contributed by atoms with Crippen LogP contribution in [0.3, 0.4) is 0 Å². The third kappa shape index (κ3) is 3.23. The van der Waals surface area contributed by atoms with Gasteiger partial charge in [0.2, 0.25) is 5.78 Å². The van der Waals surface area contributed by atoms with E-state index in [0.29, 0.717) is 27.9 Å². The van der Waals surface area contributed by atoms with E-state index in [1.54, 1.807) is 38.2 Å². The Balaban J connectivity index is 1.73. The smallest absolute Gasteiger partial charge is 0.338 e. The quantitative estimate of drug-likeness (QED) is 0.560. The Kier molecular flexibility index (Phi) is 4.62. The fraction of sp³-hybridized carbons (Fsp3) is 0.211. The highest BCUT2D eigenvalue weighted by molar-refractivity contribution is 6.04. The molecule has 0 saturated heterocycles. The van der Waals surface area contributed by atoms with E-state index in [4.69, 9.17) is 4.74 Å². The molecular weight excluding hydrogens is 334 g/mol. The molecular formula is C19H17N3O4. The fourth-order valence-corrected chi connectivity index (χ4v) is 2.93. The summed E-state index contributed by atoms with van der Waals surface area (Å²) in [5.41, 5.74) is 3.48. The monoisotopic (exact) mass is 351 g/mol. The second-order valence-corrected chi connectivity index (χ2v) is 5.94. The van der Waals surface area contributed by atoms with Crippen molar-refractivity contribution in [2.45, 2.75) is 20.8 Å². The molecule has 0 saturated carbocycles. The van der Waals surface area contributed by atoms with Crippen LogP contribution in [0.5, 0.6) is 0 Å². The molecule has 0 aliphatic heterocycles. The molecule has 3 aromatic rings. The average molecular weight is 351 g/mol. The number of ether oxygens (including phenoxy) is 1. The first-order chi connectivity index (χ1) is 12.4. The molecule has 0 amide bonds. The van der Waals surface area contributed by atoms with Gasteiger partial charge in [-0.2, -0.15) is 0 Å². The molecule has 2 heterocycles. The van der Waals surface area contributed by atoms with Gasteiger partial charge in [0, 0.05) is 23.7 Å². The first-order valence-corrected chi connectivity index (χ1v) is 7.99. The number of aromatic amines is 1. The number of hydrogen-bond acceptors (Lipinski definition) is 6. The Morgan fingerprint density at radius 2 is 1.77 bits per heavy atom. The molecule has 0 spiro atoms. The van der Waals surface area contributed by atoms with Crippen LogP contribution in [0.15, 0.2) is 30.6 Å². The molecule has 0 unspecified atom stereocenters. The van der Waals surface area contributed by atoms with E-state index in [-0.39, 0.29) is 17.0 Å². The standard InChI is InChI=1S/C19H17N3O4/c1-10-17(12(3)23)11(2)22-18(10)16(24)9-26-19(25)13-4-5-14-15(8-13)21-7-6-20-14/h4-8,22H,9H2,1-3H3. The first kappa shape index (κ1) is 17.5. The zero-order chi connectivity index (χ0) is 18.8. The highest BCUT2D eigenvalue weighted by Gasteiger charge is 2.21. The molecule has 0 aliphatic carbocycles. The molecule has 0 bridgehead atoms. The Morgan fingerprint density at radius 1 is 1.08 bits per heavy atom. The van der Waals surface area contributed by atoms with Gasteiger partial charge in [-0.05, 0) is 44.5 Å². The summed E-state index contributed by atoms with van der Waals surface area (Å²) in [5, 5.41) is 0. The van der Waals surface area contributed by atoms with Crippen LogP contribution in [0.2, 0.25) is 0 Å². The van der Waals surface area contributed by atoms with Crippen molar-refractivity contribution in [3.8, 4) is 0 Å². The minimum atomic E-state index is -0.626. The molecule has 0 aliphatic rings. The van der Waals surface area contributed by atoms with Crippen molar-refractivity contribution in [2.24, 2.45) is 0 Å². The van der Waals surface area contributed by atoms with Gasteiger partial charge in [0.1, 0.15) is 0 Å². The first-order valence-electron chi connectivity index (χ1n) is 7.99. The number of rotatable bonds is 5. The van der Waals surface area contributed by atoms with E-state index in [9.17, 15) is 14.4 Å². The Morgan fingerprint density at radius 3 is 2.42 bits per heavy atom. The van der Waals surface area contributed by atoms with Gasteiger partial charge in [0.15, 0.2) is 12.4 Å². The van der Waals surface area contributed by atoms with Gasteiger partial charge in [-0.15, -0.1) is 0 Å². The molecule has 26 heavy (non-hydrogen) atoms. The fourth-order valence-electron chi connectivity index (χ4n) is 2.93. The SMILES string of the molecule is CC(=O)c1c(C)[nH]c(C(=O)COC(=O)c2ccc3nccnc3c2)c1C. The number of benzene rings is 1. The molecule has 1 aromatic carbocycles. The predicted molar refractivity (Wildman–Crippen MR) is 94.4 cm³/mol. The Labute approximate surface area is 149 Å². The zero-order valence-electron chi connectivity index (χ0n) is 14.6. The summed E-state index contributed by atoms with van der Waals surface area (Å²) in [6.45, 7) is 4.44. The van der Waals surface area contributed by atoms with Crippen molar-refractivity contribution in [3.63, 3.8) is 0 Å². The number of nitrogens with zero attached hydrogens (tertiary/aromatic N) is 2. The number of fused-ring (bicyclic) bond motifs is 1. The van der Waals surface area contributed by atoms with Crippen molar-refractivity contribution < 1.29 is 19.1 Å². The summed E-state index contributed by atoms with van der Waals surface area (Å²) >= 11 is 0. The van der Waals surface area contributed by atoms with E-state index in [1.807, 2.05) is 0 Å². The van der Waals surface area contributed by atoms with Crippen LogP contribution in [0.1, 0.15) is 49.4 Å². The molecule has 7 nitrogen and oxygen atoms in total. The molecule has 0 atom stereocenters. The molecule has 1 N–H and O–H groups in total. The van der Waals surface area contributed by atoms with Crippen LogP contribution in [0, 0.1) is 13.8 Å². The average Bonchev–Trinajstić information content (AvgIpc) is 2.93. The Bertz CT molecular complexity index is 1040. The van der Waals surface area contributed by atoms with Gasteiger partial charge in [0.25, 0.3) is 0 Å². The van der Waals surface area contributed by atoms with Crippen molar-refractivity contribution in [1.29, 1.82) is 0 Å². The number of hydrogen-bond donors (Lipinski definition) is 1. The largest absolute Gasteiger partial charge is 0.454 e. The molecule has 2 aromatic heterocycles. The number of carbonyl (C=O) groups excluding carboxylic acids is 3. The Hall–Kier alpha value is -3.35. The van der Waals surface area contributed by atoms with Gasteiger partial charge >= 0.3 is 5.97 Å². The number of ketones is 2. The van der Waals surface area contributed by atoms with Crippen molar-refractivity contribution >= 4 is 28.6 Å². The van der Waals surface area contributed by atoms with Gasteiger partial charge in [0.05, 0.1) is 22.3 Å². The number of aryl methyl sites for hydroxylation is 1. The third-order valence-electron chi connectivity index (χ3n) is 4.11. The molecule has 7 heteroatoms. The summed E-state index contributed by atoms with van der Waals surface area (Å²) in [6.07, 6.45) is 3.10. The molecule has 0 fully saturated rings. The lowest BCUT2D eigenvalue weighted by atomic mass is 10.1. The number of Topliss-reactive ketones (excluding diaryl/α,β-unsaturated/α-hetero) is 2. The van der Waals surface area contributed by atoms with Crippen LogP contribution < -0.4 is 0 Å². The van der Waals surface area contributed by atoms with E-state index in [0.717, 1.165) is 0 Å². The second-order valence-electron chi connectivity index (χ2n) is 5.94. The lowest BCUT2D eigenvalue weighted by Gasteiger charge is -2.05. The zero-order valence-corrected chi connectivity index (χ0v) is 14.6. The maximum atomic E-state index is 12.4. The number of aromatic nitrogens is 3. The highest BCUT2D eigenvalue weighted by atomic mass is 16.5. The summed E-state index contributed by atoms with van der Waals surface area (Å²) in [4.78, 5) is 47.4. The van der Waals surface area contributed by atoms with Gasteiger partial charge in [-0.3, -0.25) is 19.6 Å². The van der Waals surface area contributed by atoms with Crippen molar-refractivity contribution in [2.75, 3.05) is 6.61 Å². The lowest BCUT2D eigenvalue weighted by molar-refractivity contribution is 0.0473. The normalized spacial score (nSPS) is 10.7. The van der Waals surface area contributed by atoms with Crippen molar-refractivity contribution in [1.82, 2.24) is 15.0 Å². The maximum Gasteiger partial charge on any atom is 0.338 e. The van der Waals surface area contributed by atoms with Gasteiger partial charge in [-0.25, -0.2) is 4.79 Å². The van der Waals surface area contributed by atoms with E-state index in [1.165, 1.54) is 13.1 Å². The molecule has 132 valence electrons. The second kappa shape index (κ2) is 6.87. The minimum absolute atomic E-state index is 0.121. The van der Waals surface area contributed by atoms with Crippen LogP contribution in [-0.4, -0.2) is 39.1 Å². The van der Waals surface area contributed by atoms with Crippen molar-refractivity contribution in [3.05, 3.63) is 58.7 Å². The molecule has 3 rings (SSSR count). The van der Waals surface area contributed by atoms with Crippen LogP contribution in [0.25, 0.3) is 11.0 Å². The number of carbonyl (C=O) groups is 3. The van der Waals surface area contributed by atoms with Crippen LogP contribution in [0.4, 0.5) is 0 Å². The summed E-state index contributed by atoms with van der Waals surface area (Å²) in [5.74, 6) is -1.14. The summed E-state index contributed by atoms with van der Waals surface area (Å²) in [7, 11) is 0. The van der Waals surface area contributed by atoms with E-state index < -0.39 is 18.4 Å². The van der Waals surface area contributed by atoms with Gasteiger partial charge in [-0.1, -0.05) is 0 Å². The lowest BCUT2D eigenvalue weighted by Crippen LogP contribution is -2.15. The van der Waals surface area contributed by atoms with E-state index >= 15 is 0 Å². The highest BCUT2D eigenvalue weighted by Crippen LogP contribution is 2.19. The minimum Gasteiger partial charge on any atom is -0.454 e. The van der Waals surface area contributed by atoms with Gasteiger partial charge < -0.3 is 9.72 Å². The topological polar surface area (TPSA) is 102 Å². The van der Waals surface area contributed by atoms with E-state index in [2.05, 4.69) is 15.0 Å². The van der Waals surface area contributed by atoms with Crippen LogP contribution in [-0.2, 0) is 4.74 Å². The molecule has 0 radical (unpaired) electrons. The predicted octanol–water partition coefficient (Wildman–Crippen LogP) is 2.82. The summed E-state index contributed by atoms with van der Waals surface area (Å²) in [6, 6.07) is 4.80. The third-order valence-corrected chi connectivity index (χ3v) is 4.11.